The normalized spacial score (nSPS) is 18.9. The lowest BCUT2D eigenvalue weighted by Gasteiger charge is -2.26. The van der Waals surface area contributed by atoms with E-state index in [-0.39, 0.29) is 6.10 Å². The Labute approximate surface area is 123 Å². The van der Waals surface area contributed by atoms with E-state index in [0.717, 1.165) is 29.5 Å². The monoisotopic (exact) mass is 294 g/mol. The number of ether oxygens (including phenoxy) is 1. The number of fused-ring (bicyclic) bond motifs is 1. The number of hydrogen-bond donors (Lipinski definition) is 1. The first kappa shape index (κ1) is 15.6. The molecule has 0 bridgehead atoms. The second-order valence-corrected chi connectivity index (χ2v) is 5.16. The first-order chi connectivity index (χ1) is 10.1. The molecule has 1 aliphatic heterocycles. The molecule has 1 aromatic rings. The predicted molar refractivity (Wildman–Crippen MR) is 79.3 cm³/mol. The van der Waals surface area contributed by atoms with Gasteiger partial charge in [-0.05, 0) is 49.4 Å². The SMILES string of the molecule is CN=CN/C=C(\C)CCC1OCCc2cc(F)c(F)cc21. The van der Waals surface area contributed by atoms with Crippen molar-refractivity contribution in [1.82, 2.24) is 5.32 Å². The lowest BCUT2D eigenvalue weighted by atomic mass is 9.93. The van der Waals surface area contributed by atoms with Gasteiger partial charge in [0.05, 0.1) is 19.0 Å². The molecule has 5 heteroatoms. The van der Waals surface area contributed by atoms with Crippen LogP contribution in [-0.4, -0.2) is 20.0 Å². The Bertz CT molecular complexity index is 555. The van der Waals surface area contributed by atoms with E-state index in [9.17, 15) is 8.78 Å². The van der Waals surface area contributed by atoms with Crippen LogP contribution in [0, 0.1) is 11.6 Å². The highest BCUT2D eigenvalue weighted by atomic mass is 19.2. The molecule has 21 heavy (non-hydrogen) atoms. The van der Waals surface area contributed by atoms with E-state index in [2.05, 4.69) is 10.3 Å². The van der Waals surface area contributed by atoms with Crippen LogP contribution in [-0.2, 0) is 11.2 Å². The topological polar surface area (TPSA) is 33.6 Å². The summed E-state index contributed by atoms with van der Waals surface area (Å²) in [4.78, 5) is 3.82. The fourth-order valence-corrected chi connectivity index (χ4v) is 2.44. The van der Waals surface area contributed by atoms with Gasteiger partial charge in [-0.3, -0.25) is 4.99 Å². The minimum Gasteiger partial charge on any atom is -0.373 e. The van der Waals surface area contributed by atoms with Crippen LogP contribution in [0.5, 0.6) is 0 Å². The van der Waals surface area contributed by atoms with Crippen molar-refractivity contribution in [3.63, 3.8) is 0 Å². The van der Waals surface area contributed by atoms with E-state index in [4.69, 9.17) is 4.74 Å². The summed E-state index contributed by atoms with van der Waals surface area (Å²) in [5.74, 6) is -1.59. The molecule has 2 rings (SSSR count). The third kappa shape index (κ3) is 4.11. The minimum absolute atomic E-state index is 0.174. The average molecular weight is 294 g/mol. The maximum atomic E-state index is 13.4. The molecule has 1 N–H and O–H groups in total. The molecule has 1 aromatic carbocycles. The molecule has 0 aromatic heterocycles. The molecule has 0 amide bonds. The zero-order valence-electron chi connectivity index (χ0n) is 12.3. The number of halogens is 2. The lowest BCUT2D eigenvalue weighted by Crippen LogP contribution is -2.17. The number of nitrogens with one attached hydrogen (secondary N) is 1. The summed E-state index contributed by atoms with van der Waals surface area (Å²) in [6, 6.07) is 2.57. The molecule has 1 heterocycles. The summed E-state index contributed by atoms with van der Waals surface area (Å²) in [5.41, 5.74) is 2.77. The Morgan fingerprint density at radius 2 is 2.19 bits per heavy atom. The van der Waals surface area contributed by atoms with E-state index in [1.807, 2.05) is 13.1 Å². The predicted octanol–water partition coefficient (Wildman–Crippen LogP) is 3.51. The second kappa shape index (κ2) is 7.31. The van der Waals surface area contributed by atoms with Crippen LogP contribution in [0.3, 0.4) is 0 Å². The molecule has 3 nitrogen and oxygen atoms in total. The molecule has 0 aliphatic carbocycles. The molecule has 0 fully saturated rings. The standard InChI is InChI=1S/C16H20F2N2O/c1-11(9-20-10-19-2)3-4-16-13-8-15(18)14(17)7-12(13)5-6-21-16/h7-10,16H,3-6H2,1-2H3,(H,19,20)/b11-9+. The third-order valence-corrected chi connectivity index (χ3v) is 3.55. The highest BCUT2D eigenvalue weighted by molar-refractivity contribution is 5.55. The third-order valence-electron chi connectivity index (χ3n) is 3.55. The van der Waals surface area contributed by atoms with Crippen molar-refractivity contribution in [3.8, 4) is 0 Å². The maximum absolute atomic E-state index is 13.4. The molecular formula is C16H20F2N2O. The van der Waals surface area contributed by atoms with Crippen molar-refractivity contribution in [2.24, 2.45) is 4.99 Å². The van der Waals surface area contributed by atoms with Gasteiger partial charge >= 0.3 is 0 Å². The van der Waals surface area contributed by atoms with E-state index in [1.165, 1.54) is 12.1 Å². The Hall–Kier alpha value is -1.75. The summed E-state index contributed by atoms with van der Waals surface area (Å²) in [7, 11) is 1.69. The van der Waals surface area contributed by atoms with Crippen LogP contribution in [0.1, 0.15) is 37.0 Å². The smallest absolute Gasteiger partial charge is 0.159 e. The van der Waals surface area contributed by atoms with Gasteiger partial charge < -0.3 is 10.1 Å². The van der Waals surface area contributed by atoms with Gasteiger partial charge in [0.25, 0.3) is 0 Å². The summed E-state index contributed by atoms with van der Waals surface area (Å²) in [6.07, 6.45) is 5.49. The van der Waals surface area contributed by atoms with Crippen LogP contribution in [0.4, 0.5) is 8.78 Å². The molecule has 1 atom stereocenters. The Morgan fingerprint density at radius 1 is 1.43 bits per heavy atom. The zero-order valence-corrected chi connectivity index (χ0v) is 12.3. The largest absolute Gasteiger partial charge is 0.373 e. The van der Waals surface area contributed by atoms with Gasteiger partial charge in [-0.15, -0.1) is 0 Å². The summed E-state index contributed by atoms with van der Waals surface area (Å²) in [6.45, 7) is 2.55. The van der Waals surface area contributed by atoms with E-state index < -0.39 is 11.6 Å². The van der Waals surface area contributed by atoms with Crippen molar-refractivity contribution in [2.75, 3.05) is 13.7 Å². The van der Waals surface area contributed by atoms with Gasteiger partial charge in [0, 0.05) is 13.2 Å². The Kier molecular flexibility index (Phi) is 5.44. The van der Waals surface area contributed by atoms with Gasteiger partial charge in [0.1, 0.15) is 0 Å². The average Bonchev–Trinajstić information content (AvgIpc) is 2.47. The van der Waals surface area contributed by atoms with Crippen molar-refractivity contribution < 1.29 is 13.5 Å². The van der Waals surface area contributed by atoms with Crippen LogP contribution >= 0.6 is 0 Å². The van der Waals surface area contributed by atoms with Gasteiger partial charge in [-0.2, -0.15) is 0 Å². The van der Waals surface area contributed by atoms with Crippen molar-refractivity contribution in [1.29, 1.82) is 0 Å². The van der Waals surface area contributed by atoms with Crippen LogP contribution in [0.2, 0.25) is 0 Å². The molecule has 1 unspecified atom stereocenters. The fourth-order valence-electron chi connectivity index (χ4n) is 2.44. The van der Waals surface area contributed by atoms with Crippen LogP contribution < -0.4 is 5.32 Å². The van der Waals surface area contributed by atoms with Gasteiger partial charge in [-0.25, -0.2) is 8.78 Å². The number of nitrogens with zero attached hydrogens (tertiary/aromatic N) is 1. The van der Waals surface area contributed by atoms with Gasteiger partial charge in [-0.1, -0.05) is 5.57 Å². The first-order valence-electron chi connectivity index (χ1n) is 7.03. The zero-order chi connectivity index (χ0) is 15.2. The summed E-state index contributed by atoms with van der Waals surface area (Å²) >= 11 is 0. The Balaban J connectivity index is 2.03. The number of hydrogen-bond acceptors (Lipinski definition) is 2. The lowest BCUT2D eigenvalue weighted by molar-refractivity contribution is 0.0363. The molecular weight excluding hydrogens is 274 g/mol. The first-order valence-corrected chi connectivity index (χ1v) is 7.03. The highest BCUT2D eigenvalue weighted by Gasteiger charge is 2.22. The van der Waals surface area contributed by atoms with Crippen LogP contribution in [0.25, 0.3) is 0 Å². The summed E-state index contributed by atoms with van der Waals surface area (Å²) < 4.78 is 32.4. The molecule has 1 aliphatic rings. The summed E-state index contributed by atoms with van der Waals surface area (Å²) in [5, 5.41) is 2.95. The van der Waals surface area contributed by atoms with Crippen molar-refractivity contribution >= 4 is 6.34 Å². The van der Waals surface area contributed by atoms with E-state index in [0.29, 0.717) is 13.0 Å². The van der Waals surface area contributed by atoms with Crippen molar-refractivity contribution in [2.45, 2.75) is 32.3 Å². The minimum atomic E-state index is -0.808. The van der Waals surface area contributed by atoms with Gasteiger partial charge in [0.15, 0.2) is 11.6 Å². The Morgan fingerprint density at radius 3 is 2.95 bits per heavy atom. The number of allylic oxidation sites excluding steroid dienone is 1. The van der Waals surface area contributed by atoms with E-state index >= 15 is 0 Å². The molecule has 0 radical (unpaired) electrons. The number of benzene rings is 1. The van der Waals surface area contributed by atoms with Crippen LogP contribution in [0.15, 0.2) is 28.9 Å². The quantitative estimate of drug-likeness (QED) is 0.666. The second-order valence-electron chi connectivity index (χ2n) is 5.16. The molecule has 0 saturated heterocycles. The highest BCUT2D eigenvalue weighted by Crippen LogP contribution is 2.32. The maximum Gasteiger partial charge on any atom is 0.159 e. The molecule has 114 valence electrons. The fraction of sp³-hybridized carbons (Fsp3) is 0.438. The van der Waals surface area contributed by atoms with E-state index in [1.54, 1.807) is 13.4 Å². The number of aliphatic imine (C=N–C) groups is 1. The van der Waals surface area contributed by atoms with Gasteiger partial charge in [0.2, 0.25) is 0 Å². The molecule has 0 spiro atoms. The molecule has 0 saturated carbocycles. The van der Waals surface area contributed by atoms with Crippen molar-refractivity contribution in [3.05, 3.63) is 46.7 Å². The number of rotatable bonds is 5.